The molecule has 0 atom stereocenters. The molecule has 2 aromatic carbocycles. The zero-order chi connectivity index (χ0) is 28.3. The molecule has 1 aliphatic rings. The number of nitriles is 1. The molecule has 0 radical (unpaired) electrons. The number of hydrogen-bond acceptors (Lipinski definition) is 5. The van der Waals surface area contributed by atoms with Gasteiger partial charge in [0.1, 0.15) is 22.8 Å². The van der Waals surface area contributed by atoms with E-state index in [9.17, 15) is 5.26 Å². The maximum Gasteiger partial charge on any atom is 0.168 e. The van der Waals surface area contributed by atoms with Crippen LogP contribution in [0.3, 0.4) is 0 Å². The van der Waals surface area contributed by atoms with Gasteiger partial charge in [-0.05, 0) is 70.9 Å². The van der Waals surface area contributed by atoms with Crippen LogP contribution in [0.25, 0.3) is 38.6 Å². The summed E-state index contributed by atoms with van der Waals surface area (Å²) in [7, 11) is 2.24. The number of quaternary nitrogens is 1. The first-order chi connectivity index (χ1) is 19.0. The molecule has 0 bridgehead atoms. The molecular weight excluding hydrogens is 494 g/mol. The summed E-state index contributed by atoms with van der Waals surface area (Å²) >= 11 is 0. The monoisotopic (exact) mass is 530 g/mol. The summed E-state index contributed by atoms with van der Waals surface area (Å²) < 4.78 is 2.55. The normalized spacial score (nSPS) is 17.5. The van der Waals surface area contributed by atoms with Crippen LogP contribution in [-0.2, 0) is 0 Å². The molecule has 1 N–H and O–H groups in total. The molecule has 1 saturated heterocycles. The maximum absolute atomic E-state index is 9.98. The van der Waals surface area contributed by atoms with E-state index in [1.807, 2.05) is 42.1 Å². The number of anilines is 1. The van der Waals surface area contributed by atoms with E-state index in [0.717, 1.165) is 62.8 Å². The highest BCUT2D eigenvalue weighted by Crippen LogP contribution is 2.44. The van der Waals surface area contributed by atoms with Gasteiger partial charge in [0.15, 0.2) is 5.69 Å². The fourth-order valence-corrected chi connectivity index (χ4v) is 6.51. The minimum atomic E-state index is -0.0255. The lowest BCUT2D eigenvalue weighted by Gasteiger charge is -2.58. The van der Waals surface area contributed by atoms with Crippen molar-refractivity contribution in [2.75, 3.05) is 12.5 Å². The van der Waals surface area contributed by atoms with E-state index >= 15 is 0 Å². The predicted molar refractivity (Wildman–Crippen MR) is 161 cm³/mol. The van der Waals surface area contributed by atoms with Crippen molar-refractivity contribution in [3.63, 3.8) is 0 Å². The van der Waals surface area contributed by atoms with E-state index in [0.29, 0.717) is 10.3 Å². The standard InChI is InChI=1S/C33H36N7/c1-22-31-26(24-17-23-11-7-8-13-27(23)35-20-24)12-9-14-30(31)39(37-22)25-18-28(29(19-34)36-21-25)38-40(6)32(2,3)15-10-16-33(40,4)5/h7-9,11-14,17-18,20-21,38H,10,15-16H2,1-6H3/q+1. The molecule has 0 aliphatic carbocycles. The first-order valence-corrected chi connectivity index (χ1v) is 13.9. The lowest BCUT2D eigenvalue weighted by molar-refractivity contribution is -0.985. The maximum atomic E-state index is 9.98. The number of aryl methyl sites for hydroxylation is 1. The number of nitrogens with zero attached hydrogens (tertiary/aromatic N) is 6. The molecule has 4 heterocycles. The second-order valence-electron chi connectivity index (χ2n) is 12.4. The van der Waals surface area contributed by atoms with Crippen molar-refractivity contribution in [1.82, 2.24) is 19.7 Å². The van der Waals surface area contributed by atoms with Crippen LogP contribution >= 0.6 is 0 Å². The smallest absolute Gasteiger partial charge is 0.168 e. The van der Waals surface area contributed by atoms with Crippen molar-refractivity contribution < 1.29 is 4.59 Å². The summed E-state index contributed by atoms with van der Waals surface area (Å²) in [5.41, 5.74) is 10.7. The third-order valence-electron chi connectivity index (χ3n) is 9.35. The highest BCUT2D eigenvalue weighted by molar-refractivity contribution is 5.99. The van der Waals surface area contributed by atoms with Crippen molar-refractivity contribution in [2.24, 2.45) is 0 Å². The number of likely N-dealkylation sites (tertiary alicyclic amines) is 1. The van der Waals surface area contributed by atoms with Crippen LogP contribution in [0.2, 0.25) is 0 Å². The number of pyridine rings is 2. The SMILES string of the molecule is Cc1nn(-c2cnc(C#N)c(N[N+]3(C)C(C)(C)CCCC3(C)C)c2)c2cccc(-c3cnc4ccccc4c3)c12. The van der Waals surface area contributed by atoms with Crippen LogP contribution in [0.15, 0.2) is 67.0 Å². The second kappa shape index (κ2) is 9.14. The molecule has 0 amide bonds. The van der Waals surface area contributed by atoms with Crippen molar-refractivity contribution >= 4 is 27.5 Å². The van der Waals surface area contributed by atoms with Gasteiger partial charge >= 0.3 is 0 Å². The summed E-state index contributed by atoms with van der Waals surface area (Å²) in [4.78, 5) is 9.29. The average molecular weight is 531 g/mol. The number of aromatic nitrogens is 4. The van der Waals surface area contributed by atoms with Gasteiger partial charge in [-0.3, -0.25) is 4.98 Å². The minimum absolute atomic E-state index is 0.0255. The van der Waals surface area contributed by atoms with Gasteiger partial charge in [-0.25, -0.2) is 19.7 Å². The van der Waals surface area contributed by atoms with Crippen LogP contribution in [0.1, 0.15) is 58.3 Å². The Hall–Kier alpha value is -4.28. The number of rotatable bonds is 4. The Bertz CT molecular complexity index is 1790. The largest absolute Gasteiger partial charge is 0.256 e. The zero-order valence-corrected chi connectivity index (χ0v) is 24.2. The predicted octanol–water partition coefficient (Wildman–Crippen LogP) is 7.33. The summed E-state index contributed by atoms with van der Waals surface area (Å²) in [5.74, 6) is 0. The molecular formula is C33H36N7+. The third kappa shape index (κ3) is 3.94. The molecule has 0 spiro atoms. The highest BCUT2D eigenvalue weighted by atomic mass is 15.7. The van der Waals surface area contributed by atoms with Crippen LogP contribution in [-0.4, -0.2) is 42.5 Å². The number of nitrogens with one attached hydrogen (secondary N) is 1. The lowest BCUT2D eigenvalue weighted by atomic mass is 9.79. The molecule has 1 aliphatic heterocycles. The van der Waals surface area contributed by atoms with Crippen LogP contribution in [0.4, 0.5) is 5.69 Å². The molecule has 0 saturated carbocycles. The zero-order valence-electron chi connectivity index (χ0n) is 24.2. The van der Waals surface area contributed by atoms with Gasteiger partial charge in [-0.1, -0.05) is 30.3 Å². The second-order valence-corrected chi connectivity index (χ2v) is 12.4. The molecule has 5 aromatic rings. The van der Waals surface area contributed by atoms with E-state index in [1.54, 1.807) is 6.20 Å². The molecule has 0 unspecified atom stereocenters. The molecule has 40 heavy (non-hydrogen) atoms. The first-order valence-electron chi connectivity index (χ1n) is 13.9. The Morgan fingerprint density at radius 3 is 2.45 bits per heavy atom. The fraction of sp³-hybridized carbons (Fsp3) is 0.333. The van der Waals surface area contributed by atoms with Gasteiger partial charge < -0.3 is 0 Å². The minimum Gasteiger partial charge on any atom is -0.256 e. The molecule has 7 nitrogen and oxygen atoms in total. The lowest BCUT2D eigenvalue weighted by Crippen LogP contribution is -2.73. The molecule has 3 aromatic heterocycles. The number of para-hydroxylation sites is 1. The van der Waals surface area contributed by atoms with Gasteiger partial charge in [-0.15, -0.1) is 0 Å². The van der Waals surface area contributed by atoms with Gasteiger partial charge in [-0.2, -0.15) is 10.4 Å². The van der Waals surface area contributed by atoms with Crippen molar-refractivity contribution in [3.05, 3.63) is 78.4 Å². The van der Waals surface area contributed by atoms with Crippen molar-refractivity contribution in [2.45, 2.75) is 65.0 Å². The Labute approximate surface area is 235 Å². The van der Waals surface area contributed by atoms with E-state index < -0.39 is 0 Å². The summed E-state index contributed by atoms with van der Waals surface area (Å²) in [6.07, 6.45) is 7.07. The third-order valence-corrected chi connectivity index (χ3v) is 9.35. The van der Waals surface area contributed by atoms with Crippen molar-refractivity contribution in [1.29, 1.82) is 5.26 Å². The summed E-state index contributed by atoms with van der Waals surface area (Å²) in [6, 6.07) is 20.9. The summed E-state index contributed by atoms with van der Waals surface area (Å²) in [6.45, 7) is 11.3. The van der Waals surface area contributed by atoms with Crippen molar-refractivity contribution in [3.8, 4) is 22.9 Å². The quantitative estimate of drug-likeness (QED) is 0.246. The Balaban J connectivity index is 1.47. The molecule has 7 heteroatoms. The van der Waals surface area contributed by atoms with Gasteiger partial charge in [0.25, 0.3) is 0 Å². The van der Waals surface area contributed by atoms with E-state index in [2.05, 4.69) is 81.6 Å². The number of piperidine rings is 1. The Morgan fingerprint density at radius 2 is 1.70 bits per heavy atom. The van der Waals surface area contributed by atoms with E-state index in [-0.39, 0.29) is 11.1 Å². The van der Waals surface area contributed by atoms with Gasteiger partial charge in [0.2, 0.25) is 0 Å². The molecule has 1 fully saturated rings. The van der Waals surface area contributed by atoms with Gasteiger partial charge in [0, 0.05) is 35.4 Å². The number of benzene rings is 2. The fourth-order valence-electron chi connectivity index (χ4n) is 6.51. The Morgan fingerprint density at radius 1 is 0.950 bits per heavy atom. The van der Waals surface area contributed by atoms with Gasteiger partial charge in [0.05, 0.1) is 35.7 Å². The van der Waals surface area contributed by atoms with E-state index in [4.69, 9.17) is 10.1 Å². The first kappa shape index (κ1) is 26.0. The number of hydrogen-bond donors (Lipinski definition) is 1. The Kier molecular flexibility index (Phi) is 5.93. The topological polar surface area (TPSA) is 79.4 Å². The van der Waals surface area contributed by atoms with Crippen LogP contribution < -0.4 is 5.43 Å². The molecule has 202 valence electrons. The summed E-state index contributed by atoms with van der Waals surface area (Å²) in [5, 5.41) is 17.1. The van der Waals surface area contributed by atoms with Crippen LogP contribution in [0, 0.1) is 18.3 Å². The molecule has 6 rings (SSSR count). The highest BCUT2D eigenvalue weighted by Gasteiger charge is 2.54. The van der Waals surface area contributed by atoms with Crippen LogP contribution in [0.5, 0.6) is 0 Å². The van der Waals surface area contributed by atoms with E-state index in [1.165, 1.54) is 6.42 Å². The average Bonchev–Trinajstić information content (AvgIpc) is 3.28. The number of fused-ring (bicyclic) bond motifs is 2.